The molecule has 0 aliphatic carbocycles. The fraction of sp³-hybridized carbons (Fsp3) is 0.154. The van der Waals surface area contributed by atoms with Crippen LogP contribution in [0.15, 0.2) is 94.9 Å². The fourth-order valence-electron chi connectivity index (χ4n) is 3.32. The van der Waals surface area contributed by atoms with Crippen LogP contribution in [0.3, 0.4) is 0 Å². The monoisotopic (exact) mass is 364 g/mol. The third kappa shape index (κ3) is 4.72. The van der Waals surface area contributed by atoms with Crippen LogP contribution in [0.2, 0.25) is 0 Å². The lowest BCUT2D eigenvalue weighted by Gasteiger charge is -1.99. The number of benzene rings is 4. The van der Waals surface area contributed by atoms with E-state index < -0.39 is 0 Å². The number of rotatable bonds is 7. The molecule has 4 aromatic rings. The topological polar surface area (TPSA) is 24.7 Å². The summed E-state index contributed by atoms with van der Waals surface area (Å²) in [7, 11) is 0. The quantitative estimate of drug-likeness (QED) is 0.271. The van der Waals surface area contributed by atoms with Crippen LogP contribution >= 0.6 is 0 Å². The molecule has 2 heteroatoms. The van der Waals surface area contributed by atoms with Crippen molar-refractivity contribution in [3.05, 3.63) is 96.1 Å². The van der Waals surface area contributed by atoms with E-state index in [0.29, 0.717) is 0 Å². The van der Waals surface area contributed by atoms with Gasteiger partial charge < -0.3 is 0 Å². The van der Waals surface area contributed by atoms with Crippen LogP contribution in [0.1, 0.15) is 24.0 Å². The maximum atomic E-state index is 4.56. The zero-order valence-electron chi connectivity index (χ0n) is 16.0. The van der Waals surface area contributed by atoms with E-state index in [4.69, 9.17) is 0 Å². The molecule has 4 aromatic carbocycles. The summed E-state index contributed by atoms with van der Waals surface area (Å²) in [5, 5.41) is 5.05. The second kappa shape index (κ2) is 9.09. The van der Waals surface area contributed by atoms with E-state index >= 15 is 0 Å². The first-order valence-electron chi connectivity index (χ1n) is 9.86. The van der Waals surface area contributed by atoms with Gasteiger partial charge in [0.2, 0.25) is 0 Å². The fourth-order valence-corrected chi connectivity index (χ4v) is 3.32. The molecule has 0 amide bonds. The molecule has 0 aliphatic heterocycles. The summed E-state index contributed by atoms with van der Waals surface area (Å²) in [6.45, 7) is 1.69. The van der Waals surface area contributed by atoms with Gasteiger partial charge in [0.1, 0.15) is 0 Å². The Kier molecular flexibility index (Phi) is 5.89. The lowest BCUT2D eigenvalue weighted by atomic mass is 10.1. The normalized spacial score (nSPS) is 11.9. The molecule has 0 unspecified atom stereocenters. The minimum Gasteiger partial charge on any atom is -0.293 e. The SMILES string of the molecule is C(=NCCCCN=Cc1ccc2ccccc2c1)c1ccc2ccccc2c1. The zero-order chi connectivity index (χ0) is 19.0. The Morgan fingerprint density at radius 3 is 1.39 bits per heavy atom. The third-order valence-corrected chi connectivity index (χ3v) is 4.85. The van der Waals surface area contributed by atoms with Crippen LogP contribution in [0.25, 0.3) is 21.5 Å². The Balaban J connectivity index is 1.21. The van der Waals surface area contributed by atoms with Gasteiger partial charge in [0, 0.05) is 25.5 Å². The van der Waals surface area contributed by atoms with E-state index in [-0.39, 0.29) is 0 Å². The molecular weight excluding hydrogens is 340 g/mol. The Hall–Kier alpha value is -3.26. The predicted molar refractivity (Wildman–Crippen MR) is 122 cm³/mol. The lowest BCUT2D eigenvalue weighted by molar-refractivity contribution is 0.760. The largest absolute Gasteiger partial charge is 0.293 e. The minimum absolute atomic E-state index is 0.846. The number of hydrogen-bond acceptors (Lipinski definition) is 2. The Labute approximate surface area is 166 Å². The average Bonchev–Trinajstić information content (AvgIpc) is 2.75. The van der Waals surface area contributed by atoms with Crippen molar-refractivity contribution < 1.29 is 0 Å². The molecule has 4 rings (SSSR count). The molecule has 0 radical (unpaired) electrons. The van der Waals surface area contributed by atoms with Crippen molar-refractivity contribution in [1.82, 2.24) is 0 Å². The highest BCUT2D eigenvalue weighted by atomic mass is 14.7. The number of aliphatic imine (C=N–C) groups is 2. The first kappa shape index (κ1) is 18.1. The smallest absolute Gasteiger partial charge is 0.0390 e. The van der Waals surface area contributed by atoms with Gasteiger partial charge >= 0.3 is 0 Å². The molecular formula is C26H24N2. The van der Waals surface area contributed by atoms with Crippen LogP contribution in [0, 0.1) is 0 Å². The van der Waals surface area contributed by atoms with Gasteiger partial charge in [-0.2, -0.15) is 0 Å². The van der Waals surface area contributed by atoms with E-state index in [9.17, 15) is 0 Å². The molecule has 0 saturated heterocycles. The second-order valence-corrected chi connectivity index (χ2v) is 6.99. The standard InChI is InChI=1S/C26H24N2/c1-3-9-25-17-21(11-13-23(25)7-1)19-27-15-5-6-16-28-20-22-12-14-24-8-2-4-10-26(24)18-22/h1-4,7-14,17-20H,5-6,15-16H2. The van der Waals surface area contributed by atoms with Gasteiger partial charge in [-0.15, -0.1) is 0 Å². The Morgan fingerprint density at radius 1 is 0.500 bits per heavy atom. The molecule has 0 fully saturated rings. The third-order valence-electron chi connectivity index (χ3n) is 4.85. The molecule has 28 heavy (non-hydrogen) atoms. The molecule has 0 heterocycles. The first-order chi connectivity index (χ1) is 13.9. The van der Waals surface area contributed by atoms with Crippen molar-refractivity contribution in [3.8, 4) is 0 Å². The summed E-state index contributed by atoms with van der Waals surface area (Å²) < 4.78 is 0. The highest BCUT2D eigenvalue weighted by molar-refractivity contribution is 5.91. The van der Waals surface area contributed by atoms with Crippen LogP contribution < -0.4 is 0 Å². The van der Waals surface area contributed by atoms with Gasteiger partial charge in [-0.05, 0) is 57.6 Å². The molecule has 2 nitrogen and oxygen atoms in total. The van der Waals surface area contributed by atoms with E-state index in [1.54, 1.807) is 0 Å². The lowest BCUT2D eigenvalue weighted by Crippen LogP contribution is -1.89. The van der Waals surface area contributed by atoms with E-state index in [1.165, 1.54) is 21.5 Å². The summed E-state index contributed by atoms with van der Waals surface area (Å²) in [5.41, 5.74) is 2.32. The van der Waals surface area contributed by atoms with Gasteiger partial charge in [0.15, 0.2) is 0 Å². The summed E-state index contributed by atoms with van der Waals surface area (Å²) >= 11 is 0. The summed E-state index contributed by atoms with van der Waals surface area (Å²) in [6, 6.07) is 29.7. The van der Waals surface area contributed by atoms with Gasteiger partial charge in [-0.1, -0.05) is 72.8 Å². The van der Waals surface area contributed by atoms with Crippen LogP contribution in [-0.2, 0) is 0 Å². The predicted octanol–water partition coefficient (Wildman–Crippen LogP) is 6.31. The van der Waals surface area contributed by atoms with Gasteiger partial charge in [-0.3, -0.25) is 9.98 Å². The summed E-state index contributed by atoms with van der Waals surface area (Å²) in [4.78, 5) is 9.12. The number of unbranched alkanes of at least 4 members (excludes halogenated alkanes) is 1. The van der Waals surface area contributed by atoms with Crippen molar-refractivity contribution in [2.75, 3.05) is 13.1 Å². The van der Waals surface area contributed by atoms with Crippen molar-refractivity contribution in [1.29, 1.82) is 0 Å². The van der Waals surface area contributed by atoms with Gasteiger partial charge in [0.25, 0.3) is 0 Å². The molecule has 0 aliphatic rings. The van der Waals surface area contributed by atoms with Gasteiger partial charge in [-0.25, -0.2) is 0 Å². The number of fused-ring (bicyclic) bond motifs is 2. The Morgan fingerprint density at radius 2 is 0.929 bits per heavy atom. The van der Waals surface area contributed by atoms with Gasteiger partial charge in [0.05, 0.1) is 0 Å². The molecule has 0 bridgehead atoms. The molecule has 0 spiro atoms. The maximum absolute atomic E-state index is 4.56. The molecule has 138 valence electrons. The van der Waals surface area contributed by atoms with Crippen molar-refractivity contribution in [2.24, 2.45) is 9.98 Å². The van der Waals surface area contributed by atoms with Crippen LogP contribution in [0.4, 0.5) is 0 Å². The average molecular weight is 364 g/mol. The zero-order valence-corrected chi connectivity index (χ0v) is 16.0. The molecule has 0 saturated carbocycles. The summed E-state index contributed by atoms with van der Waals surface area (Å²) in [6.07, 6.45) is 6.06. The molecule has 0 aromatic heterocycles. The highest BCUT2D eigenvalue weighted by Gasteiger charge is 1.94. The highest BCUT2D eigenvalue weighted by Crippen LogP contribution is 2.15. The van der Waals surface area contributed by atoms with Crippen molar-refractivity contribution in [2.45, 2.75) is 12.8 Å². The second-order valence-electron chi connectivity index (χ2n) is 6.99. The van der Waals surface area contributed by atoms with Crippen molar-refractivity contribution in [3.63, 3.8) is 0 Å². The molecule has 0 atom stereocenters. The maximum Gasteiger partial charge on any atom is 0.0390 e. The summed E-state index contributed by atoms with van der Waals surface area (Å²) in [5.74, 6) is 0. The van der Waals surface area contributed by atoms with E-state index in [2.05, 4.69) is 94.9 Å². The number of nitrogens with zero attached hydrogens (tertiary/aromatic N) is 2. The molecule has 0 N–H and O–H groups in total. The van der Waals surface area contributed by atoms with Crippen LogP contribution in [0.5, 0.6) is 0 Å². The minimum atomic E-state index is 0.846. The van der Waals surface area contributed by atoms with Crippen LogP contribution in [-0.4, -0.2) is 25.5 Å². The van der Waals surface area contributed by atoms with Crippen molar-refractivity contribution >= 4 is 34.0 Å². The van der Waals surface area contributed by atoms with E-state index in [1.807, 2.05) is 12.4 Å². The number of hydrogen-bond donors (Lipinski definition) is 0. The van der Waals surface area contributed by atoms with E-state index in [0.717, 1.165) is 37.1 Å². The Bertz CT molecular complexity index is 1030. The first-order valence-corrected chi connectivity index (χ1v) is 9.86.